The summed E-state index contributed by atoms with van der Waals surface area (Å²) in [7, 11) is 2.42. The summed E-state index contributed by atoms with van der Waals surface area (Å²) in [6.07, 6.45) is 1.45. The first kappa shape index (κ1) is 19.4. The van der Waals surface area contributed by atoms with E-state index in [4.69, 9.17) is 4.74 Å². The minimum Gasteiger partial charge on any atom is -0.481 e. The molecule has 1 heterocycles. The van der Waals surface area contributed by atoms with Gasteiger partial charge in [-0.3, -0.25) is 9.59 Å². The second kappa shape index (κ2) is 8.48. The highest BCUT2D eigenvalue weighted by Gasteiger charge is 2.35. The van der Waals surface area contributed by atoms with E-state index in [0.717, 1.165) is 4.90 Å². The second-order valence-electron chi connectivity index (χ2n) is 5.01. The van der Waals surface area contributed by atoms with Gasteiger partial charge in [0, 0.05) is 0 Å². The number of nitrogens with one attached hydrogen (secondary N) is 1. The molecule has 1 fully saturated rings. The van der Waals surface area contributed by atoms with Gasteiger partial charge in [-0.05, 0) is 39.7 Å². The first-order valence-corrected chi connectivity index (χ1v) is 8.05. The number of hydrogen-bond donors (Lipinski definition) is 1. The van der Waals surface area contributed by atoms with Gasteiger partial charge in [0.15, 0.2) is 6.61 Å². The van der Waals surface area contributed by atoms with Crippen LogP contribution in [-0.4, -0.2) is 56.1 Å². The van der Waals surface area contributed by atoms with Crippen molar-refractivity contribution in [3.63, 3.8) is 0 Å². The summed E-state index contributed by atoms with van der Waals surface area (Å²) in [5, 5.41) is 2.40. The third-order valence-corrected chi connectivity index (χ3v) is 3.94. The number of halogens is 1. The molecule has 138 valence electrons. The predicted octanol–water partition coefficient (Wildman–Crippen LogP) is 1.07. The molecule has 0 atom stereocenters. The van der Waals surface area contributed by atoms with Crippen LogP contribution in [0.5, 0.6) is 5.75 Å². The molecule has 1 aromatic carbocycles. The molecule has 1 saturated heterocycles. The fourth-order valence-corrected chi connectivity index (χ4v) is 2.51. The van der Waals surface area contributed by atoms with Gasteiger partial charge in [-0.1, -0.05) is 6.07 Å². The molecule has 1 aromatic rings. The normalized spacial score (nSPS) is 15.0. The van der Waals surface area contributed by atoms with E-state index >= 15 is 0 Å². The molecule has 1 aliphatic heterocycles. The van der Waals surface area contributed by atoms with Crippen molar-refractivity contribution >= 4 is 45.9 Å². The fourth-order valence-electron chi connectivity index (χ4n) is 2.00. The van der Waals surface area contributed by atoms with Gasteiger partial charge in [0.2, 0.25) is 0 Å². The monoisotopic (exact) mass is 426 g/mol. The van der Waals surface area contributed by atoms with Gasteiger partial charge in [-0.25, -0.2) is 14.5 Å². The van der Waals surface area contributed by atoms with Gasteiger partial charge in [-0.2, -0.15) is 0 Å². The second-order valence-corrected chi connectivity index (χ2v) is 5.86. The molecule has 10 heteroatoms. The number of carbonyl (C=O) groups excluding carboxylic acids is 4. The number of esters is 2. The van der Waals surface area contributed by atoms with Crippen molar-refractivity contribution in [1.82, 2.24) is 10.2 Å². The minimum absolute atomic E-state index is 0.0223. The topological polar surface area (TPSA) is 111 Å². The van der Waals surface area contributed by atoms with Crippen LogP contribution in [0.1, 0.15) is 5.56 Å². The fraction of sp³-hybridized carbons (Fsp3) is 0.250. The highest BCUT2D eigenvalue weighted by Crippen LogP contribution is 2.27. The Morgan fingerprint density at radius 3 is 2.50 bits per heavy atom. The third-order valence-electron chi connectivity index (χ3n) is 3.32. The Bertz CT molecular complexity index is 791. The Morgan fingerprint density at radius 1 is 1.19 bits per heavy atom. The van der Waals surface area contributed by atoms with Crippen LogP contribution in [0.15, 0.2) is 28.4 Å². The van der Waals surface area contributed by atoms with Crippen molar-refractivity contribution in [3.8, 4) is 5.75 Å². The summed E-state index contributed by atoms with van der Waals surface area (Å²) in [6, 6.07) is 4.16. The van der Waals surface area contributed by atoms with Crippen LogP contribution >= 0.6 is 15.9 Å². The highest BCUT2D eigenvalue weighted by atomic mass is 79.9. The molecule has 0 aliphatic carbocycles. The highest BCUT2D eigenvalue weighted by molar-refractivity contribution is 9.10. The summed E-state index contributed by atoms with van der Waals surface area (Å²) in [5.41, 5.74) is 0.611. The van der Waals surface area contributed by atoms with Crippen molar-refractivity contribution in [2.75, 3.05) is 27.4 Å². The first-order valence-electron chi connectivity index (χ1n) is 7.26. The van der Waals surface area contributed by atoms with E-state index in [1.165, 1.54) is 20.3 Å². The first-order chi connectivity index (χ1) is 12.3. The lowest BCUT2D eigenvalue weighted by Crippen LogP contribution is -2.36. The quantitative estimate of drug-likeness (QED) is 0.411. The number of rotatable bonds is 6. The molecule has 9 nitrogen and oxygen atoms in total. The minimum atomic E-state index is -0.705. The molecule has 0 unspecified atom stereocenters. The van der Waals surface area contributed by atoms with Crippen LogP contribution in [0.3, 0.4) is 0 Å². The Kier molecular flexibility index (Phi) is 6.34. The average Bonchev–Trinajstić information content (AvgIpc) is 2.87. The lowest BCUT2D eigenvalue weighted by molar-refractivity contribution is -0.143. The van der Waals surface area contributed by atoms with Crippen LogP contribution in [-0.2, 0) is 23.9 Å². The third kappa shape index (κ3) is 4.60. The maximum absolute atomic E-state index is 12.2. The maximum Gasteiger partial charge on any atom is 0.343 e. The van der Waals surface area contributed by atoms with Gasteiger partial charge in [0.1, 0.15) is 18.0 Å². The van der Waals surface area contributed by atoms with E-state index < -0.39 is 30.4 Å². The molecule has 26 heavy (non-hydrogen) atoms. The summed E-state index contributed by atoms with van der Waals surface area (Å²) < 4.78 is 14.8. The van der Waals surface area contributed by atoms with Crippen molar-refractivity contribution in [3.05, 3.63) is 33.9 Å². The number of benzene rings is 1. The van der Waals surface area contributed by atoms with Crippen LogP contribution in [0.2, 0.25) is 0 Å². The van der Waals surface area contributed by atoms with Gasteiger partial charge >= 0.3 is 18.0 Å². The number of amides is 3. The average molecular weight is 427 g/mol. The standard InChI is InChI=1S/C16H15BrN2O7/c1-24-13(20)7-19-15(22)11(18-16(19)23)6-9-3-4-12(10(17)5-9)26-8-14(21)25-2/h3-6H,7-8H2,1-2H3,(H,18,23)/b11-6+. The number of carbonyl (C=O) groups is 4. The van der Waals surface area contributed by atoms with E-state index in [2.05, 4.69) is 30.7 Å². The molecule has 1 aliphatic rings. The SMILES string of the molecule is COC(=O)COc1ccc(/C=C2/NC(=O)N(CC(=O)OC)C2=O)cc1Br. The van der Waals surface area contributed by atoms with Gasteiger partial charge in [0.25, 0.3) is 5.91 Å². The summed E-state index contributed by atoms with van der Waals surface area (Å²) in [6.45, 7) is -0.713. The molecule has 3 amide bonds. The number of nitrogens with zero attached hydrogens (tertiary/aromatic N) is 1. The van der Waals surface area contributed by atoms with Crippen LogP contribution in [0.25, 0.3) is 6.08 Å². The summed E-state index contributed by atoms with van der Waals surface area (Å²) >= 11 is 3.30. The Labute approximate surface area is 157 Å². The number of urea groups is 1. The van der Waals surface area contributed by atoms with Crippen molar-refractivity contribution in [2.45, 2.75) is 0 Å². The zero-order valence-corrected chi connectivity index (χ0v) is 15.5. The summed E-state index contributed by atoms with van der Waals surface area (Å²) in [5.74, 6) is -1.45. The molecular weight excluding hydrogens is 412 g/mol. The zero-order chi connectivity index (χ0) is 19.3. The number of imide groups is 1. The van der Waals surface area contributed by atoms with E-state index in [9.17, 15) is 19.2 Å². The largest absolute Gasteiger partial charge is 0.481 e. The molecule has 1 N–H and O–H groups in total. The molecule has 0 radical (unpaired) electrons. The smallest absolute Gasteiger partial charge is 0.343 e. The van der Waals surface area contributed by atoms with E-state index in [-0.39, 0.29) is 12.3 Å². The lowest BCUT2D eigenvalue weighted by Gasteiger charge is -2.09. The molecule has 0 spiro atoms. The zero-order valence-electron chi connectivity index (χ0n) is 13.9. The lowest BCUT2D eigenvalue weighted by atomic mass is 10.2. The number of hydrogen-bond acceptors (Lipinski definition) is 7. The van der Waals surface area contributed by atoms with Crippen molar-refractivity contribution < 1.29 is 33.4 Å². The Morgan fingerprint density at radius 2 is 1.88 bits per heavy atom. The van der Waals surface area contributed by atoms with Gasteiger partial charge in [-0.15, -0.1) is 0 Å². The van der Waals surface area contributed by atoms with Crippen LogP contribution in [0.4, 0.5) is 4.79 Å². The van der Waals surface area contributed by atoms with E-state index in [1.807, 2.05) is 0 Å². The maximum atomic E-state index is 12.2. The number of methoxy groups -OCH3 is 2. The van der Waals surface area contributed by atoms with E-state index in [1.54, 1.807) is 18.2 Å². The van der Waals surface area contributed by atoms with Crippen LogP contribution in [0, 0.1) is 0 Å². The van der Waals surface area contributed by atoms with Gasteiger partial charge in [0.05, 0.1) is 18.7 Å². The Balaban J connectivity index is 2.13. The Hall–Kier alpha value is -2.88. The number of ether oxygens (including phenoxy) is 3. The molecule has 0 aromatic heterocycles. The van der Waals surface area contributed by atoms with E-state index in [0.29, 0.717) is 15.8 Å². The molecular formula is C16H15BrN2O7. The summed E-state index contributed by atoms with van der Waals surface area (Å²) in [4.78, 5) is 47.1. The molecule has 0 bridgehead atoms. The van der Waals surface area contributed by atoms with Crippen molar-refractivity contribution in [2.24, 2.45) is 0 Å². The van der Waals surface area contributed by atoms with Crippen LogP contribution < -0.4 is 10.1 Å². The molecule has 2 rings (SSSR count). The molecule has 0 saturated carbocycles. The predicted molar refractivity (Wildman–Crippen MR) is 91.9 cm³/mol. The van der Waals surface area contributed by atoms with Gasteiger partial charge < -0.3 is 19.5 Å². The van der Waals surface area contributed by atoms with Crippen molar-refractivity contribution in [1.29, 1.82) is 0 Å².